The van der Waals surface area contributed by atoms with Gasteiger partial charge in [-0.3, -0.25) is 4.68 Å². The molecule has 1 aliphatic rings. The van der Waals surface area contributed by atoms with Crippen molar-refractivity contribution >= 4 is 6.03 Å². The second-order valence-corrected chi connectivity index (χ2v) is 4.91. The van der Waals surface area contributed by atoms with Gasteiger partial charge < -0.3 is 15.0 Å². The molecule has 0 aliphatic carbocycles. The number of rotatable bonds is 4. The van der Waals surface area contributed by atoms with Crippen molar-refractivity contribution in [1.82, 2.24) is 25.0 Å². The maximum atomic E-state index is 12.0. The van der Waals surface area contributed by atoms with Crippen LogP contribution in [0.2, 0.25) is 0 Å². The Kier molecular flexibility index (Phi) is 4.73. The van der Waals surface area contributed by atoms with Gasteiger partial charge in [-0.15, -0.1) is 0 Å². The molecule has 2 amide bonds. The number of hydrogen-bond donors (Lipinski definition) is 1. The predicted octanol–water partition coefficient (Wildman–Crippen LogP) is 0.487. The molecule has 2 atom stereocenters. The van der Waals surface area contributed by atoms with Crippen LogP contribution >= 0.6 is 0 Å². The van der Waals surface area contributed by atoms with Crippen molar-refractivity contribution in [1.29, 1.82) is 0 Å². The molecule has 1 saturated heterocycles. The zero-order valence-electron chi connectivity index (χ0n) is 11.5. The van der Waals surface area contributed by atoms with Crippen molar-refractivity contribution < 1.29 is 9.53 Å². The highest BCUT2D eigenvalue weighted by Crippen LogP contribution is 2.10. The summed E-state index contributed by atoms with van der Waals surface area (Å²) in [5, 5.41) is 6.93. The molecule has 1 fully saturated rings. The molecule has 7 heteroatoms. The summed E-state index contributed by atoms with van der Waals surface area (Å²) in [5.41, 5.74) is 0. The number of amides is 2. The van der Waals surface area contributed by atoms with E-state index in [0.29, 0.717) is 19.6 Å². The summed E-state index contributed by atoms with van der Waals surface area (Å²) in [7, 11) is 0. The molecule has 0 saturated carbocycles. The van der Waals surface area contributed by atoms with Crippen molar-refractivity contribution in [2.75, 3.05) is 19.6 Å². The van der Waals surface area contributed by atoms with E-state index in [2.05, 4.69) is 15.4 Å². The lowest BCUT2D eigenvalue weighted by Crippen LogP contribution is -2.51. The van der Waals surface area contributed by atoms with Crippen LogP contribution in [0.4, 0.5) is 4.79 Å². The standard InChI is InChI=1S/C12H21N5O2/c1-10-6-16(7-11(2)19-10)12(18)14-4-3-5-17-9-13-8-15-17/h8-11H,3-7H2,1-2H3,(H,14,18). The Balaban J connectivity index is 1.66. The van der Waals surface area contributed by atoms with Gasteiger partial charge in [0.25, 0.3) is 0 Å². The van der Waals surface area contributed by atoms with Crippen LogP contribution < -0.4 is 5.32 Å². The zero-order valence-corrected chi connectivity index (χ0v) is 11.5. The van der Waals surface area contributed by atoms with Gasteiger partial charge in [0.05, 0.1) is 12.2 Å². The zero-order chi connectivity index (χ0) is 13.7. The molecule has 0 spiro atoms. The smallest absolute Gasteiger partial charge is 0.317 e. The maximum absolute atomic E-state index is 12.0. The van der Waals surface area contributed by atoms with Crippen LogP contribution in [0.15, 0.2) is 12.7 Å². The molecule has 0 aromatic carbocycles. The third-order valence-electron chi connectivity index (χ3n) is 3.01. The van der Waals surface area contributed by atoms with Crippen LogP contribution in [0.1, 0.15) is 20.3 Å². The molecule has 1 aromatic rings. The molecule has 2 rings (SSSR count). The minimum atomic E-state index is -0.0133. The molecule has 19 heavy (non-hydrogen) atoms. The fraction of sp³-hybridized carbons (Fsp3) is 0.750. The summed E-state index contributed by atoms with van der Waals surface area (Å²) >= 11 is 0. The number of nitrogens with one attached hydrogen (secondary N) is 1. The molecular formula is C12H21N5O2. The topological polar surface area (TPSA) is 72.3 Å². The summed E-state index contributed by atoms with van der Waals surface area (Å²) in [6.45, 7) is 6.68. The monoisotopic (exact) mass is 267 g/mol. The van der Waals surface area contributed by atoms with Crippen LogP contribution in [0.3, 0.4) is 0 Å². The minimum absolute atomic E-state index is 0.0133. The number of urea groups is 1. The van der Waals surface area contributed by atoms with Gasteiger partial charge in [-0.2, -0.15) is 5.10 Å². The highest BCUT2D eigenvalue weighted by molar-refractivity contribution is 5.74. The fourth-order valence-electron chi connectivity index (χ4n) is 2.24. The lowest BCUT2D eigenvalue weighted by Gasteiger charge is -2.35. The Morgan fingerprint density at radius 1 is 1.42 bits per heavy atom. The van der Waals surface area contributed by atoms with Crippen LogP contribution in [0.25, 0.3) is 0 Å². The number of aromatic nitrogens is 3. The number of carbonyl (C=O) groups is 1. The minimum Gasteiger partial charge on any atom is -0.372 e. The average Bonchev–Trinajstić information content (AvgIpc) is 2.86. The SMILES string of the molecule is CC1CN(C(=O)NCCCn2cncn2)CC(C)O1. The van der Waals surface area contributed by atoms with Gasteiger partial charge in [0.1, 0.15) is 12.7 Å². The maximum Gasteiger partial charge on any atom is 0.317 e. The van der Waals surface area contributed by atoms with Crippen molar-refractivity contribution in [2.45, 2.75) is 39.0 Å². The van der Waals surface area contributed by atoms with Crippen LogP contribution in [-0.2, 0) is 11.3 Å². The Morgan fingerprint density at radius 2 is 2.16 bits per heavy atom. The molecule has 2 heterocycles. The Morgan fingerprint density at radius 3 is 2.79 bits per heavy atom. The first-order valence-electron chi connectivity index (χ1n) is 6.66. The molecule has 2 unspecified atom stereocenters. The molecule has 0 bridgehead atoms. The molecule has 1 aliphatic heterocycles. The average molecular weight is 267 g/mol. The van der Waals surface area contributed by atoms with Gasteiger partial charge in [0.15, 0.2) is 0 Å². The van der Waals surface area contributed by atoms with Crippen LogP contribution in [0.5, 0.6) is 0 Å². The van der Waals surface area contributed by atoms with Gasteiger partial charge >= 0.3 is 6.03 Å². The third kappa shape index (κ3) is 4.20. The van der Waals surface area contributed by atoms with Crippen LogP contribution in [0, 0.1) is 0 Å². The van der Waals surface area contributed by atoms with Crippen molar-refractivity contribution in [3.8, 4) is 0 Å². The highest BCUT2D eigenvalue weighted by atomic mass is 16.5. The van der Waals surface area contributed by atoms with Crippen molar-refractivity contribution in [3.63, 3.8) is 0 Å². The summed E-state index contributed by atoms with van der Waals surface area (Å²) in [5.74, 6) is 0. The van der Waals surface area contributed by atoms with Crippen LogP contribution in [-0.4, -0.2) is 57.5 Å². The highest BCUT2D eigenvalue weighted by Gasteiger charge is 2.25. The van der Waals surface area contributed by atoms with E-state index in [4.69, 9.17) is 4.74 Å². The lowest BCUT2D eigenvalue weighted by atomic mass is 10.2. The molecule has 1 N–H and O–H groups in total. The summed E-state index contributed by atoms with van der Waals surface area (Å²) in [4.78, 5) is 17.7. The Bertz CT molecular complexity index is 385. The largest absolute Gasteiger partial charge is 0.372 e. The van der Waals surface area contributed by atoms with Gasteiger partial charge in [-0.1, -0.05) is 0 Å². The second kappa shape index (κ2) is 6.51. The van der Waals surface area contributed by atoms with Gasteiger partial charge in [-0.05, 0) is 20.3 Å². The first-order valence-corrected chi connectivity index (χ1v) is 6.66. The van der Waals surface area contributed by atoms with E-state index >= 15 is 0 Å². The van der Waals surface area contributed by atoms with Gasteiger partial charge in [0.2, 0.25) is 0 Å². The number of morpholine rings is 1. The molecule has 0 radical (unpaired) electrons. The number of hydrogen-bond acceptors (Lipinski definition) is 4. The second-order valence-electron chi connectivity index (χ2n) is 4.91. The molecule has 1 aromatic heterocycles. The molecule has 7 nitrogen and oxygen atoms in total. The summed E-state index contributed by atoms with van der Waals surface area (Å²) in [6, 6.07) is -0.0133. The van der Waals surface area contributed by atoms with Crippen molar-refractivity contribution in [3.05, 3.63) is 12.7 Å². The van der Waals surface area contributed by atoms with E-state index in [1.165, 1.54) is 6.33 Å². The van der Waals surface area contributed by atoms with E-state index in [9.17, 15) is 4.79 Å². The van der Waals surface area contributed by atoms with E-state index in [0.717, 1.165) is 13.0 Å². The number of nitrogens with zero attached hydrogens (tertiary/aromatic N) is 4. The Hall–Kier alpha value is -1.63. The first kappa shape index (κ1) is 13.8. The number of aryl methyl sites for hydroxylation is 1. The van der Waals surface area contributed by atoms with E-state index in [1.807, 2.05) is 18.7 Å². The molecular weight excluding hydrogens is 246 g/mol. The fourth-order valence-corrected chi connectivity index (χ4v) is 2.24. The van der Waals surface area contributed by atoms with E-state index in [-0.39, 0.29) is 18.2 Å². The predicted molar refractivity (Wildman–Crippen MR) is 69.6 cm³/mol. The lowest BCUT2D eigenvalue weighted by molar-refractivity contribution is -0.0545. The first-order chi connectivity index (χ1) is 9.15. The third-order valence-corrected chi connectivity index (χ3v) is 3.01. The Labute approximate surface area is 112 Å². The van der Waals surface area contributed by atoms with E-state index < -0.39 is 0 Å². The normalized spacial score (nSPS) is 23.4. The summed E-state index contributed by atoms with van der Waals surface area (Å²) < 4.78 is 7.36. The number of ether oxygens (including phenoxy) is 1. The summed E-state index contributed by atoms with van der Waals surface area (Å²) in [6.07, 6.45) is 4.22. The van der Waals surface area contributed by atoms with Gasteiger partial charge in [-0.25, -0.2) is 9.78 Å². The van der Waals surface area contributed by atoms with Gasteiger partial charge in [0, 0.05) is 26.2 Å². The van der Waals surface area contributed by atoms with Crippen molar-refractivity contribution in [2.24, 2.45) is 0 Å². The quantitative estimate of drug-likeness (QED) is 0.806. The molecule has 106 valence electrons. The number of carbonyl (C=O) groups excluding carboxylic acids is 1. The van der Waals surface area contributed by atoms with E-state index in [1.54, 1.807) is 11.0 Å².